The van der Waals surface area contributed by atoms with Gasteiger partial charge in [0.15, 0.2) is 0 Å². The average Bonchev–Trinajstić information content (AvgIpc) is 3.23. The third-order valence-electron chi connectivity index (χ3n) is 7.90. The number of rotatable bonds is 40. The highest BCUT2D eigenvalue weighted by molar-refractivity contribution is 5.96. The Morgan fingerprint density at radius 2 is 0.900 bits per heavy atom. The van der Waals surface area contributed by atoms with Gasteiger partial charge in [0.2, 0.25) is 0 Å². The first-order valence-electron chi connectivity index (χ1n) is 20.4. The van der Waals surface area contributed by atoms with Gasteiger partial charge in [-0.15, -0.1) is 0 Å². The molecule has 15 nitrogen and oxygen atoms in total. The fourth-order valence-electron chi connectivity index (χ4n) is 4.86. The van der Waals surface area contributed by atoms with Crippen LogP contribution in [0.4, 0.5) is 24.5 Å². The highest BCUT2D eigenvalue weighted by Crippen LogP contribution is 2.32. The van der Waals surface area contributed by atoms with Crippen LogP contribution in [0.3, 0.4) is 0 Å². The number of unbranched alkanes of at least 4 members (excludes halogenated alkanes) is 2. The van der Waals surface area contributed by atoms with Gasteiger partial charge >= 0.3 is 18.1 Å². The summed E-state index contributed by atoms with van der Waals surface area (Å²) in [6, 6.07) is 11.1. The second-order valence-electron chi connectivity index (χ2n) is 12.7. The zero-order chi connectivity index (χ0) is 43.2. The number of hydrogen-bond acceptors (Lipinski definition) is 15. The van der Waals surface area contributed by atoms with Crippen molar-refractivity contribution in [2.45, 2.75) is 38.8 Å². The van der Waals surface area contributed by atoms with Crippen LogP contribution in [0, 0.1) is 0 Å². The van der Waals surface area contributed by atoms with Crippen LogP contribution >= 0.6 is 0 Å². The van der Waals surface area contributed by atoms with E-state index in [9.17, 15) is 22.8 Å². The van der Waals surface area contributed by atoms with E-state index < -0.39 is 17.7 Å². The summed E-state index contributed by atoms with van der Waals surface area (Å²) >= 11 is 0. The molecule has 0 spiro atoms. The number of anilines is 2. The fourth-order valence-corrected chi connectivity index (χ4v) is 4.86. The van der Waals surface area contributed by atoms with Crippen molar-refractivity contribution in [3.05, 3.63) is 59.7 Å². The molecule has 2 aromatic rings. The zero-order valence-electron chi connectivity index (χ0n) is 34.9. The first kappa shape index (κ1) is 52.7. The molecule has 0 aromatic heterocycles. The van der Waals surface area contributed by atoms with Crippen molar-refractivity contribution in [2.75, 3.05) is 151 Å². The second-order valence-corrected chi connectivity index (χ2v) is 12.7. The highest BCUT2D eigenvalue weighted by atomic mass is 19.4. The summed E-state index contributed by atoms with van der Waals surface area (Å²) in [5, 5.41) is 2.86. The van der Waals surface area contributed by atoms with Gasteiger partial charge in [-0.2, -0.15) is 13.2 Å². The van der Waals surface area contributed by atoms with Crippen LogP contribution in [-0.4, -0.2) is 157 Å². The maximum absolute atomic E-state index is 13.1. The van der Waals surface area contributed by atoms with Crippen LogP contribution in [0.2, 0.25) is 0 Å². The fraction of sp³-hybridized carbons (Fsp3) is 0.667. The Bertz CT molecular complexity index is 1360. The molecule has 0 unspecified atom stereocenters. The zero-order valence-corrected chi connectivity index (χ0v) is 34.9. The van der Waals surface area contributed by atoms with Crippen LogP contribution in [0.1, 0.15) is 48.5 Å². The summed E-state index contributed by atoms with van der Waals surface area (Å²) in [4.78, 5) is 24.1. The molecule has 0 atom stereocenters. The maximum Gasteiger partial charge on any atom is 0.416 e. The summed E-state index contributed by atoms with van der Waals surface area (Å²) in [5.41, 5.74) is -0.105. The predicted octanol–water partition coefficient (Wildman–Crippen LogP) is 5.90. The topological polar surface area (TPSA) is 157 Å². The van der Waals surface area contributed by atoms with Crippen molar-refractivity contribution in [1.82, 2.24) is 0 Å². The average molecular weight is 864 g/mol. The number of carbonyl (C=O) groups is 2. The maximum atomic E-state index is 13.1. The molecule has 1 N–H and O–H groups in total. The minimum Gasteiger partial charge on any atom is -0.463 e. The number of ether oxygens (including phenoxy) is 12. The third-order valence-corrected chi connectivity index (χ3v) is 7.90. The van der Waals surface area contributed by atoms with Gasteiger partial charge < -0.3 is 62.2 Å². The van der Waals surface area contributed by atoms with E-state index >= 15 is 0 Å². The molecule has 0 saturated heterocycles. The molecule has 0 radical (unpaired) electrons. The van der Waals surface area contributed by atoms with E-state index in [0.29, 0.717) is 138 Å². The first-order valence-corrected chi connectivity index (χ1v) is 20.4. The summed E-state index contributed by atoms with van der Waals surface area (Å²) in [6.45, 7) is 10.6. The first-order chi connectivity index (χ1) is 29.3. The van der Waals surface area contributed by atoms with Gasteiger partial charge in [-0.1, -0.05) is 38.0 Å². The molecule has 2 aromatic carbocycles. The molecule has 2 rings (SSSR count). The monoisotopic (exact) mass is 863 g/mol. The number of para-hydroxylation sites is 1. The van der Waals surface area contributed by atoms with Gasteiger partial charge in [0.1, 0.15) is 13.2 Å². The Morgan fingerprint density at radius 1 is 0.500 bits per heavy atom. The van der Waals surface area contributed by atoms with Gasteiger partial charge in [0.05, 0.1) is 149 Å². The largest absolute Gasteiger partial charge is 0.463 e. The summed E-state index contributed by atoms with van der Waals surface area (Å²) in [7, 11) is 0. The number of nitrogens with one attached hydrogen (secondary N) is 1. The Balaban J connectivity index is 1.25. The molecular formula is C42H64F3NO14. The minimum atomic E-state index is -4.48. The molecule has 60 heavy (non-hydrogen) atoms. The van der Waals surface area contributed by atoms with Crippen molar-refractivity contribution in [3.8, 4) is 0 Å². The molecule has 0 aliphatic heterocycles. The van der Waals surface area contributed by atoms with E-state index in [1.54, 1.807) is 18.2 Å². The Kier molecular flexibility index (Phi) is 31.8. The Labute approximate surface area is 351 Å². The number of hydrogen-bond donors (Lipinski definition) is 1. The molecule has 0 saturated carbocycles. The number of halogens is 3. The van der Waals surface area contributed by atoms with Gasteiger partial charge in [0, 0.05) is 12.1 Å². The van der Waals surface area contributed by atoms with Crippen molar-refractivity contribution >= 4 is 23.3 Å². The number of benzene rings is 2. The molecule has 342 valence electrons. The van der Waals surface area contributed by atoms with Gasteiger partial charge in [-0.05, 0) is 36.8 Å². The van der Waals surface area contributed by atoms with Crippen molar-refractivity contribution in [1.29, 1.82) is 0 Å². The van der Waals surface area contributed by atoms with Crippen molar-refractivity contribution < 1.29 is 79.6 Å². The van der Waals surface area contributed by atoms with E-state index in [-0.39, 0.29) is 37.0 Å². The lowest BCUT2D eigenvalue weighted by Gasteiger charge is -2.13. The highest BCUT2D eigenvalue weighted by Gasteiger charge is 2.30. The van der Waals surface area contributed by atoms with E-state index in [1.807, 2.05) is 0 Å². The van der Waals surface area contributed by atoms with Gasteiger partial charge in [-0.3, -0.25) is 4.79 Å². The summed E-state index contributed by atoms with van der Waals surface area (Å²) < 4.78 is 104. The van der Waals surface area contributed by atoms with Crippen LogP contribution in [0.5, 0.6) is 0 Å². The lowest BCUT2D eigenvalue weighted by Crippen LogP contribution is -2.16. The van der Waals surface area contributed by atoms with E-state index in [4.69, 9.17) is 56.8 Å². The number of alkyl halides is 3. The van der Waals surface area contributed by atoms with E-state index in [2.05, 4.69) is 12.2 Å². The van der Waals surface area contributed by atoms with Crippen LogP contribution in [0.25, 0.3) is 0 Å². The van der Waals surface area contributed by atoms with Gasteiger partial charge in [-0.25, -0.2) is 4.79 Å². The van der Waals surface area contributed by atoms with Crippen molar-refractivity contribution in [3.63, 3.8) is 0 Å². The molecule has 0 aliphatic carbocycles. The van der Waals surface area contributed by atoms with Crippen molar-refractivity contribution in [2.24, 2.45) is 0 Å². The Morgan fingerprint density at radius 3 is 1.32 bits per heavy atom. The number of esters is 2. The smallest absolute Gasteiger partial charge is 0.416 e. The molecular weight excluding hydrogens is 799 g/mol. The molecule has 0 bridgehead atoms. The molecule has 18 heteroatoms. The number of carbonyl (C=O) groups excluding carboxylic acids is 2. The predicted molar refractivity (Wildman–Crippen MR) is 215 cm³/mol. The second kappa shape index (κ2) is 36.2. The normalized spacial score (nSPS) is 11.5. The van der Waals surface area contributed by atoms with Crippen LogP contribution in [-0.2, 0) is 67.8 Å². The van der Waals surface area contributed by atoms with E-state index in [1.165, 1.54) is 18.2 Å². The molecule has 0 aliphatic rings. The van der Waals surface area contributed by atoms with E-state index in [0.717, 1.165) is 31.4 Å². The van der Waals surface area contributed by atoms with Crippen LogP contribution < -0.4 is 5.32 Å². The lowest BCUT2D eigenvalue weighted by atomic mass is 10.1. The molecule has 0 heterocycles. The molecule has 0 fully saturated rings. The Hall–Kier alpha value is -3.43. The quantitative estimate of drug-likeness (QED) is 0.0624. The van der Waals surface area contributed by atoms with Gasteiger partial charge in [0.25, 0.3) is 0 Å². The SMILES string of the molecule is CCCCCC(=O)OCCOCCOCCOCCOCCOCCOCCOCCOCCOCCOCCOC(=O)c1ccccc1Nc1cccc(C(F)(F)F)c1. The minimum absolute atomic E-state index is 0.00722. The standard InChI is InChI=1S/C42H64F3NO14/c1-2-3-4-12-40(47)59-33-31-57-29-27-55-25-23-53-21-19-51-17-15-49-13-14-50-16-18-52-20-22-54-24-26-56-28-30-58-32-34-60-41(48)38-10-5-6-11-39(38)46-37-9-7-8-36(35-37)42(43,44)45/h5-11,35,46H,2-4,12-34H2,1H3. The summed E-state index contributed by atoms with van der Waals surface area (Å²) in [6.07, 6.45) is -1.05. The molecule has 0 amide bonds. The lowest BCUT2D eigenvalue weighted by molar-refractivity contribution is -0.145. The third kappa shape index (κ3) is 28.9. The summed E-state index contributed by atoms with van der Waals surface area (Å²) in [5.74, 6) is -0.807. The van der Waals surface area contributed by atoms with Crippen LogP contribution in [0.15, 0.2) is 48.5 Å².